The van der Waals surface area contributed by atoms with Crippen LogP contribution < -0.4 is 14.9 Å². The van der Waals surface area contributed by atoms with Gasteiger partial charge >= 0.3 is 0 Å². The van der Waals surface area contributed by atoms with Crippen LogP contribution in [-0.2, 0) is 11.2 Å². The minimum Gasteiger partial charge on any atom is -0.497 e. The minimum atomic E-state index is -0.165. The number of benzene rings is 2. The number of methoxy groups -OCH3 is 1. The highest BCUT2D eigenvalue weighted by atomic mass is 16.5. The maximum Gasteiger partial charge on any atom is 0.244 e. The van der Waals surface area contributed by atoms with Crippen LogP contribution in [0.25, 0.3) is 0 Å². The van der Waals surface area contributed by atoms with Crippen LogP contribution in [-0.4, -0.2) is 25.8 Å². The molecule has 1 N–H and O–H groups in total. The van der Waals surface area contributed by atoms with Gasteiger partial charge in [0.05, 0.1) is 26.4 Å². The number of hydrogen-bond acceptors (Lipinski definition) is 4. The van der Waals surface area contributed by atoms with Crippen LogP contribution in [0.4, 0.5) is 0 Å². The molecule has 2 aromatic rings. The molecule has 2 aromatic carbocycles. The van der Waals surface area contributed by atoms with E-state index >= 15 is 0 Å². The normalized spacial score (nSPS) is 10.7. The van der Waals surface area contributed by atoms with E-state index in [1.54, 1.807) is 13.3 Å². The molecular weight excluding hydrogens is 328 g/mol. The van der Waals surface area contributed by atoms with Crippen LogP contribution in [0.1, 0.15) is 37.3 Å². The molecule has 0 spiro atoms. The van der Waals surface area contributed by atoms with Crippen molar-refractivity contribution < 1.29 is 14.3 Å². The molecule has 2 rings (SSSR count). The van der Waals surface area contributed by atoms with Gasteiger partial charge in [-0.25, -0.2) is 5.43 Å². The first-order chi connectivity index (χ1) is 12.7. The average molecular weight is 354 g/mol. The van der Waals surface area contributed by atoms with Crippen molar-refractivity contribution >= 4 is 12.1 Å². The molecule has 0 radical (unpaired) electrons. The zero-order valence-electron chi connectivity index (χ0n) is 15.4. The second kappa shape index (κ2) is 10.9. The molecule has 5 heteroatoms. The summed E-state index contributed by atoms with van der Waals surface area (Å²) >= 11 is 0. The molecule has 0 saturated heterocycles. The van der Waals surface area contributed by atoms with Gasteiger partial charge in [0.25, 0.3) is 0 Å². The smallest absolute Gasteiger partial charge is 0.244 e. The summed E-state index contributed by atoms with van der Waals surface area (Å²) < 4.78 is 10.8. The lowest BCUT2D eigenvalue weighted by Crippen LogP contribution is -2.19. The predicted octanol–water partition coefficient (Wildman–Crippen LogP) is 3.96. The summed E-state index contributed by atoms with van der Waals surface area (Å²) in [6, 6.07) is 15.0. The highest BCUT2D eigenvalue weighted by Gasteiger charge is 2.02. The fourth-order valence-corrected chi connectivity index (χ4v) is 2.34. The number of rotatable bonds is 10. The third-order valence-corrected chi connectivity index (χ3v) is 3.82. The van der Waals surface area contributed by atoms with Gasteiger partial charge < -0.3 is 9.47 Å². The van der Waals surface area contributed by atoms with Crippen LogP contribution >= 0.6 is 0 Å². The molecule has 1 amide bonds. The van der Waals surface area contributed by atoms with Crippen molar-refractivity contribution in [3.05, 3.63) is 59.7 Å². The van der Waals surface area contributed by atoms with Gasteiger partial charge in [-0.05, 0) is 53.9 Å². The molecule has 0 aromatic heterocycles. The summed E-state index contributed by atoms with van der Waals surface area (Å²) in [5, 5.41) is 4.00. The van der Waals surface area contributed by atoms with Crippen molar-refractivity contribution in [3.63, 3.8) is 0 Å². The third kappa shape index (κ3) is 6.97. The minimum absolute atomic E-state index is 0.165. The van der Waals surface area contributed by atoms with E-state index in [1.807, 2.05) is 48.5 Å². The summed E-state index contributed by atoms with van der Waals surface area (Å²) in [4.78, 5) is 11.9. The Balaban J connectivity index is 1.75. The molecule has 138 valence electrons. The number of carbonyl (C=O) groups excluding carboxylic acids is 1. The van der Waals surface area contributed by atoms with Crippen LogP contribution in [0.15, 0.2) is 53.6 Å². The summed E-state index contributed by atoms with van der Waals surface area (Å²) in [5.74, 6) is 1.45. The molecule has 26 heavy (non-hydrogen) atoms. The zero-order valence-corrected chi connectivity index (χ0v) is 15.4. The maximum atomic E-state index is 11.9. The predicted molar refractivity (Wildman–Crippen MR) is 104 cm³/mol. The molecular formula is C21H26N2O3. The van der Waals surface area contributed by atoms with Crippen LogP contribution in [0.5, 0.6) is 11.5 Å². The van der Waals surface area contributed by atoms with Gasteiger partial charge in [-0.1, -0.05) is 31.9 Å². The van der Waals surface area contributed by atoms with Crippen molar-refractivity contribution in [2.75, 3.05) is 13.7 Å². The highest BCUT2D eigenvalue weighted by molar-refractivity contribution is 5.83. The maximum absolute atomic E-state index is 11.9. The highest BCUT2D eigenvalue weighted by Crippen LogP contribution is 2.12. The number of amides is 1. The Morgan fingerprint density at radius 2 is 1.73 bits per heavy atom. The number of hydrogen-bond donors (Lipinski definition) is 1. The number of nitrogens with zero attached hydrogens (tertiary/aromatic N) is 1. The van der Waals surface area contributed by atoms with Crippen molar-refractivity contribution in [3.8, 4) is 11.5 Å². The molecule has 0 fully saturated rings. The SMILES string of the molecule is CCCCCOc1ccc(/C=N\NC(=O)Cc2ccc(OC)cc2)cc1. The van der Waals surface area contributed by atoms with E-state index < -0.39 is 0 Å². The molecule has 0 unspecified atom stereocenters. The Kier molecular flexibility index (Phi) is 8.19. The van der Waals surface area contributed by atoms with Crippen molar-refractivity contribution in [2.24, 2.45) is 5.10 Å². The fourth-order valence-electron chi connectivity index (χ4n) is 2.34. The Morgan fingerprint density at radius 3 is 2.38 bits per heavy atom. The molecule has 0 aliphatic heterocycles. The zero-order chi connectivity index (χ0) is 18.6. The van der Waals surface area contributed by atoms with E-state index in [9.17, 15) is 4.79 Å². The van der Waals surface area contributed by atoms with E-state index in [-0.39, 0.29) is 12.3 Å². The Hall–Kier alpha value is -2.82. The topological polar surface area (TPSA) is 59.9 Å². The Morgan fingerprint density at radius 1 is 1.04 bits per heavy atom. The first-order valence-electron chi connectivity index (χ1n) is 8.89. The largest absolute Gasteiger partial charge is 0.497 e. The second-order valence-corrected chi connectivity index (χ2v) is 5.94. The van der Waals surface area contributed by atoms with Gasteiger partial charge in [0.15, 0.2) is 0 Å². The quantitative estimate of drug-likeness (QED) is 0.399. The van der Waals surface area contributed by atoms with Gasteiger partial charge in [-0.15, -0.1) is 0 Å². The number of nitrogens with one attached hydrogen (secondary N) is 1. The first-order valence-corrected chi connectivity index (χ1v) is 8.89. The van der Waals surface area contributed by atoms with E-state index in [4.69, 9.17) is 9.47 Å². The number of unbranched alkanes of at least 4 members (excludes halogenated alkanes) is 2. The molecule has 0 aliphatic rings. The van der Waals surface area contributed by atoms with Crippen LogP contribution in [0.3, 0.4) is 0 Å². The lowest BCUT2D eigenvalue weighted by atomic mass is 10.1. The second-order valence-electron chi connectivity index (χ2n) is 5.94. The average Bonchev–Trinajstić information content (AvgIpc) is 2.67. The Labute approximate surface area is 155 Å². The van der Waals surface area contributed by atoms with E-state index in [2.05, 4.69) is 17.5 Å². The summed E-state index contributed by atoms with van der Waals surface area (Å²) in [5.41, 5.74) is 4.34. The summed E-state index contributed by atoms with van der Waals surface area (Å²) in [7, 11) is 1.61. The monoisotopic (exact) mass is 354 g/mol. The Bertz CT molecular complexity index is 694. The van der Waals surface area contributed by atoms with Crippen molar-refractivity contribution in [1.82, 2.24) is 5.43 Å². The fraction of sp³-hybridized carbons (Fsp3) is 0.333. The van der Waals surface area contributed by atoms with Gasteiger partial charge in [0, 0.05) is 0 Å². The summed E-state index contributed by atoms with van der Waals surface area (Å²) in [6.07, 6.45) is 5.32. The van der Waals surface area contributed by atoms with Gasteiger partial charge in [0.1, 0.15) is 11.5 Å². The lowest BCUT2D eigenvalue weighted by molar-refractivity contribution is -0.120. The van der Waals surface area contributed by atoms with Gasteiger partial charge in [-0.2, -0.15) is 5.10 Å². The molecule has 0 atom stereocenters. The molecule has 0 aliphatic carbocycles. The van der Waals surface area contributed by atoms with Crippen LogP contribution in [0.2, 0.25) is 0 Å². The molecule has 0 bridgehead atoms. The van der Waals surface area contributed by atoms with E-state index in [1.165, 1.54) is 12.8 Å². The van der Waals surface area contributed by atoms with E-state index in [0.717, 1.165) is 35.7 Å². The third-order valence-electron chi connectivity index (χ3n) is 3.82. The molecule has 0 saturated carbocycles. The lowest BCUT2D eigenvalue weighted by Gasteiger charge is -2.05. The standard InChI is InChI=1S/C21H26N2O3/c1-3-4-5-14-26-20-12-8-18(9-13-20)16-22-23-21(24)15-17-6-10-19(25-2)11-7-17/h6-13,16H,3-5,14-15H2,1-2H3,(H,23,24)/b22-16-. The number of hydrazone groups is 1. The van der Waals surface area contributed by atoms with Gasteiger partial charge in [-0.3, -0.25) is 4.79 Å². The van der Waals surface area contributed by atoms with Crippen molar-refractivity contribution in [1.29, 1.82) is 0 Å². The van der Waals surface area contributed by atoms with Gasteiger partial charge in [0.2, 0.25) is 5.91 Å². The van der Waals surface area contributed by atoms with Crippen molar-refractivity contribution in [2.45, 2.75) is 32.6 Å². The summed E-state index contributed by atoms with van der Waals surface area (Å²) in [6.45, 7) is 2.91. The number of ether oxygens (including phenoxy) is 2. The number of carbonyl (C=O) groups is 1. The molecule has 5 nitrogen and oxygen atoms in total. The molecule has 0 heterocycles. The first kappa shape index (κ1) is 19.5. The van der Waals surface area contributed by atoms with E-state index in [0.29, 0.717) is 0 Å². The van der Waals surface area contributed by atoms with Crippen LogP contribution in [0, 0.1) is 0 Å².